The second-order valence-corrected chi connectivity index (χ2v) is 8.15. The smallest absolute Gasteiger partial charge is 0.153 e. The van der Waals surface area contributed by atoms with Gasteiger partial charge < -0.3 is 10.1 Å². The van der Waals surface area contributed by atoms with Crippen LogP contribution in [0, 0.1) is 0 Å². The number of sulfone groups is 1. The zero-order valence-corrected chi connectivity index (χ0v) is 15.1. The molecular formula is C15H24BrNO3S. The number of benzene rings is 1. The minimum absolute atomic E-state index is 0.0682. The van der Waals surface area contributed by atoms with E-state index in [1.807, 2.05) is 25.1 Å². The summed E-state index contributed by atoms with van der Waals surface area (Å²) < 4.78 is 30.0. The topological polar surface area (TPSA) is 55.4 Å². The van der Waals surface area contributed by atoms with Gasteiger partial charge in [-0.3, -0.25) is 0 Å². The van der Waals surface area contributed by atoms with Crippen molar-refractivity contribution in [1.82, 2.24) is 5.32 Å². The largest absolute Gasteiger partial charge is 0.492 e. The van der Waals surface area contributed by atoms with Gasteiger partial charge in [0, 0.05) is 16.6 Å². The molecule has 21 heavy (non-hydrogen) atoms. The summed E-state index contributed by atoms with van der Waals surface area (Å²) in [6, 6.07) is 5.78. The van der Waals surface area contributed by atoms with Gasteiger partial charge in [-0.2, -0.15) is 0 Å². The number of hydrogen-bond acceptors (Lipinski definition) is 4. The molecule has 0 aliphatic heterocycles. The molecule has 6 heteroatoms. The molecule has 1 rings (SSSR count). The van der Waals surface area contributed by atoms with Crippen molar-refractivity contribution in [3.63, 3.8) is 0 Å². The molecule has 0 aliphatic carbocycles. The molecule has 0 heterocycles. The second-order valence-electron chi connectivity index (χ2n) is 4.93. The number of ether oxygens (including phenoxy) is 1. The van der Waals surface area contributed by atoms with Crippen molar-refractivity contribution in [2.24, 2.45) is 0 Å². The van der Waals surface area contributed by atoms with E-state index < -0.39 is 9.84 Å². The predicted octanol–water partition coefficient (Wildman–Crippen LogP) is 3.15. The van der Waals surface area contributed by atoms with Gasteiger partial charge in [0.25, 0.3) is 0 Å². The molecule has 1 aromatic rings. The summed E-state index contributed by atoms with van der Waals surface area (Å²) in [5.74, 6) is 1.04. The van der Waals surface area contributed by atoms with Crippen LogP contribution in [0.15, 0.2) is 22.7 Å². The van der Waals surface area contributed by atoms with E-state index in [1.165, 1.54) is 0 Å². The van der Waals surface area contributed by atoms with Crippen LogP contribution in [-0.2, 0) is 16.4 Å². The first kappa shape index (κ1) is 18.5. The highest BCUT2D eigenvalue weighted by atomic mass is 79.9. The van der Waals surface area contributed by atoms with Gasteiger partial charge in [-0.05, 0) is 37.6 Å². The molecule has 0 aromatic heterocycles. The van der Waals surface area contributed by atoms with Crippen LogP contribution in [0.1, 0.15) is 32.3 Å². The lowest BCUT2D eigenvalue weighted by Gasteiger charge is -2.13. The first-order chi connectivity index (χ1) is 9.98. The van der Waals surface area contributed by atoms with Gasteiger partial charge in [0.15, 0.2) is 9.84 Å². The summed E-state index contributed by atoms with van der Waals surface area (Å²) in [6.45, 7) is 5.83. The lowest BCUT2D eigenvalue weighted by molar-refractivity contribution is 0.336. The molecule has 0 atom stereocenters. The summed E-state index contributed by atoms with van der Waals surface area (Å²) in [6.07, 6.45) is 1.71. The molecule has 0 bridgehead atoms. The van der Waals surface area contributed by atoms with Gasteiger partial charge in [-0.15, -0.1) is 0 Å². The molecule has 0 saturated heterocycles. The van der Waals surface area contributed by atoms with Crippen LogP contribution in [0.4, 0.5) is 0 Å². The van der Waals surface area contributed by atoms with E-state index >= 15 is 0 Å². The first-order valence-electron chi connectivity index (χ1n) is 7.31. The van der Waals surface area contributed by atoms with Crippen LogP contribution >= 0.6 is 15.9 Å². The molecule has 1 aromatic carbocycles. The lowest BCUT2D eigenvalue weighted by atomic mass is 10.2. The maximum absolute atomic E-state index is 11.7. The normalized spacial score (nSPS) is 11.6. The van der Waals surface area contributed by atoms with E-state index in [2.05, 4.69) is 28.2 Å². The molecular weight excluding hydrogens is 354 g/mol. The van der Waals surface area contributed by atoms with Crippen molar-refractivity contribution in [2.45, 2.75) is 33.2 Å². The number of hydrogen-bond donors (Lipinski definition) is 1. The van der Waals surface area contributed by atoms with Crippen LogP contribution in [0.3, 0.4) is 0 Å². The third kappa shape index (κ3) is 7.29. The molecule has 0 unspecified atom stereocenters. The summed E-state index contributed by atoms with van der Waals surface area (Å²) in [5, 5.41) is 3.33. The molecule has 0 fully saturated rings. The minimum Gasteiger partial charge on any atom is -0.492 e. The molecule has 0 spiro atoms. The van der Waals surface area contributed by atoms with E-state index in [0.717, 1.165) is 28.8 Å². The van der Waals surface area contributed by atoms with Crippen molar-refractivity contribution in [3.05, 3.63) is 28.2 Å². The van der Waals surface area contributed by atoms with Crippen LogP contribution in [0.25, 0.3) is 0 Å². The molecule has 0 radical (unpaired) electrons. The first-order valence-corrected chi connectivity index (χ1v) is 9.92. The van der Waals surface area contributed by atoms with Gasteiger partial charge in [0.05, 0.1) is 11.5 Å². The number of halogens is 1. The summed E-state index contributed by atoms with van der Waals surface area (Å²) in [7, 11) is -2.99. The van der Waals surface area contributed by atoms with E-state index in [1.54, 1.807) is 0 Å². The third-order valence-electron chi connectivity index (χ3n) is 2.93. The fourth-order valence-electron chi connectivity index (χ4n) is 1.92. The third-order valence-corrected chi connectivity index (χ3v) is 5.24. The Hall–Kier alpha value is -0.590. The average Bonchev–Trinajstić information content (AvgIpc) is 2.41. The van der Waals surface area contributed by atoms with Crippen molar-refractivity contribution < 1.29 is 13.2 Å². The number of nitrogens with one attached hydrogen (secondary N) is 1. The maximum Gasteiger partial charge on any atom is 0.153 e. The summed E-state index contributed by atoms with van der Waals surface area (Å²) in [4.78, 5) is 0. The van der Waals surface area contributed by atoms with Gasteiger partial charge in [-0.25, -0.2) is 8.42 Å². The Morgan fingerprint density at radius 3 is 2.62 bits per heavy atom. The van der Waals surface area contributed by atoms with E-state index in [-0.39, 0.29) is 18.1 Å². The zero-order chi connectivity index (χ0) is 15.7. The molecule has 0 amide bonds. The maximum atomic E-state index is 11.7. The predicted molar refractivity (Wildman–Crippen MR) is 90.6 cm³/mol. The van der Waals surface area contributed by atoms with Crippen molar-refractivity contribution >= 4 is 25.8 Å². The van der Waals surface area contributed by atoms with Crippen molar-refractivity contribution in [1.29, 1.82) is 0 Å². The summed E-state index contributed by atoms with van der Waals surface area (Å²) in [5.41, 5.74) is 1.03. The SMILES string of the molecule is CCCNCc1cc(Br)ccc1OCCS(=O)(=O)CCC. The molecule has 120 valence electrons. The van der Waals surface area contributed by atoms with Crippen LogP contribution in [0.2, 0.25) is 0 Å². The highest BCUT2D eigenvalue weighted by molar-refractivity contribution is 9.10. The molecule has 4 nitrogen and oxygen atoms in total. The Bertz CT molecular complexity index is 532. The van der Waals surface area contributed by atoms with Crippen molar-refractivity contribution in [2.75, 3.05) is 24.7 Å². The Morgan fingerprint density at radius 2 is 1.95 bits per heavy atom. The second kappa shape index (κ2) is 9.43. The van der Waals surface area contributed by atoms with Gasteiger partial charge in [0.2, 0.25) is 0 Å². The lowest BCUT2D eigenvalue weighted by Crippen LogP contribution is -2.18. The quantitative estimate of drug-likeness (QED) is 0.636. The fraction of sp³-hybridized carbons (Fsp3) is 0.600. The van der Waals surface area contributed by atoms with Gasteiger partial charge in [0.1, 0.15) is 12.4 Å². The van der Waals surface area contributed by atoms with Crippen molar-refractivity contribution in [3.8, 4) is 5.75 Å². The van der Waals surface area contributed by atoms with E-state index in [4.69, 9.17) is 4.74 Å². The fourth-order valence-corrected chi connectivity index (χ4v) is 3.49. The molecule has 1 N–H and O–H groups in total. The Balaban J connectivity index is 2.61. The Morgan fingerprint density at radius 1 is 1.19 bits per heavy atom. The Kier molecular flexibility index (Phi) is 8.29. The van der Waals surface area contributed by atoms with E-state index in [0.29, 0.717) is 13.0 Å². The zero-order valence-electron chi connectivity index (χ0n) is 12.7. The van der Waals surface area contributed by atoms with Crippen LogP contribution in [-0.4, -0.2) is 33.1 Å². The standard InChI is InChI=1S/C15H24BrNO3S/c1-3-7-17-12-13-11-14(16)5-6-15(13)20-8-10-21(18,19)9-4-2/h5-6,11,17H,3-4,7-10,12H2,1-2H3. The monoisotopic (exact) mass is 377 g/mol. The van der Waals surface area contributed by atoms with Gasteiger partial charge in [-0.1, -0.05) is 29.8 Å². The highest BCUT2D eigenvalue weighted by Crippen LogP contribution is 2.23. The average molecular weight is 378 g/mol. The highest BCUT2D eigenvalue weighted by Gasteiger charge is 2.11. The van der Waals surface area contributed by atoms with E-state index in [9.17, 15) is 8.42 Å². The molecule has 0 aliphatic rings. The van der Waals surface area contributed by atoms with Crippen LogP contribution in [0.5, 0.6) is 5.75 Å². The minimum atomic E-state index is -2.99. The number of rotatable bonds is 10. The molecule has 0 saturated carbocycles. The Labute approximate surface area is 136 Å². The van der Waals surface area contributed by atoms with Crippen LogP contribution < -0.4 is 10.1 Å². The van der Waals surface area contributed by atoms with Gasteiger partial charge >= 0.3 is 0 Å². The summed E-state index contributed by atoms with van der Waals surface area (Å²) >= 11 is 3.45.